The number of benzene rings is 2. The first-order valence-corrected chi connectivity index (χ1v) is 13.0. The number of hydrogen-bond acceptors (Lipinski definition) is 5. The van der Waals surface area contributed by atoms with Gasteiger partial charge in [0.05, 0.1) is 28.0 Å². The van der Waals surface area contributed by atoms with Crippen LogP contribution in [0.25, 0.3) is 16.6 Å². The Morgan fingerprint density at radius 2 is 1.94 bits per heavy atom. The molecule has 0 spiro atoms. The van der Waals surface area contributed by atoms with Crippen LogP contribution in [0.1, 0.15) is 30.4 Å². The van der Waals surface area contributed by atoms with Gasteiger partial charge >= 0.3 is 0 Å². The zero-order valence-corrected chi connectivity index (χ0v) is 21.1. The molecule has 4 aromatic rings. The Kier molecular flexibility index (Phi) is 6.04. The van der Waals surface area contributed by atoms with Gasteiger partial charge in [0.15, 0.2) is 5.43 Å². The Bertz CT molecular complexity index is 1450. The van der Waals surface area contributed by atoms with E-state index in [-0.39, 0.29) is 5.43 Å². The van der Waals surface area contributed by atoms with Gasteiger partial charge in [0.25, 0.3) is 0 Å². The Balaban J connectivity index is 1.42. The van der Waals surface area contributed by atoms with Gasteiger partial charge in [-0.3, -0.25) is 14.7 Å². The number of fused-ring (bicyclic) bond motifs is 2. The van der Waals surface area contributed by atoms with E-state index in [1.165, 1.54) is 19.3 Å². The topological polar surface area (TPSA) is 59.4 Å². The maximum Gasteiger partial charge on any atom is 0.193 e. The molecule has 1 fully saturated rings. The van der Waals surface area contributed by atoms with Crippen molar-refractivity contribution in [3.63, 3.8) is 0 Å². The quantitative estimate of drug-likeness (QED) is 0.307. The highest BCUT2D eigenvalue weighted by molar-refractivity contribution is 9.10. The van der Waals surface area contributed by atoms with Gasteiger partial charge in [-0.05, 0) is 61.8 Å². The smallest absolute Gasteiger partial charge is 0.193 e. The number of nitrogens with one attached hydrogen (secondary N) is 1. The molecule has 0 amide bonds. The third-order valence-electron chi connectivity index (χ3n) is 6.88. The largest absolute Gasteiger partial charge is 0.492 e. The summed E-state index contributed by atoms with van der Waals surface area (Å²) in [7, 11) is 0. The summed E-state index contributed by atoms with van der Waals surface area (Å²) < 4.78 is 9.31. The van der Waals surface area contributed by atoms with E-state index in [0.717, 1.165) is 63.6 Å². The Morgan fingerprint density at radius 3 is 2.77 bits per heavy atom. The lowest BCUT2D eigenvalue weighted by Gasteiger charge is -2.27. The van der Waals surface area contributed by atoms with Crippen molar-refractivity contribution in [2.45, 2.75) is 25.7 Å². The van der Waals surface area contributed by atoms with Gasteiger partial charge in [0.2, 0.25) is 0 Å². The fraction of sp³-hybridized carbons (Fsp3) is 0.286. The number of rotatable bonds is 6. The van der Waals surface area contributed by atoms with Gasteiger partial charge in [-0.2, -0.15) is 0 Å². The van der Waals surface area contributed by atoms with Crippen molar-refractivity contribution in [3.05, 3.63) is 86.9 Å². The number of pyridine rings is 2. The molecule has 0 atom stereocenters. The molecule has 0 bridgehead atoms. The molecule has 0 radical (unpaired) electrons. The summed E-state index contributed by atoms with van der Waals surface area (Å²) in [6, 6.07) is 14.0. The van der Waals surface area contributed by atoms with Crippen LogP contribution in [0.3, 0.4) is 0 Å². The minimum Gasteiger partial charge on any atom is -0.492 e. The molecule has 0 saturated carbocycles. The first-order valence-electron chi connectivity index (χ1n) is 12.2. The van der Waals surface area contributed by atoms with Crippen LogP contribution in [0, 0.1) is 0 Å². The molecule has 1 N–H and O–H groups in total. The molecule has 2 aliphatic rings. The zero-order valence-electron chi connectivity index (χ0n) is 19.5. The molecule has 4 heterocycles. The van der Waals surface area contributed by atoms with Crippen molar-refractivity contribution in [3.8, 4) is 11.4 Å². The van der Waals surface area contributed by atoms with E-state index >= 15 is 0 Å². The van der Waals surface area contributed by atoms with Crippen LogP contribution >= 0.6 is 15.9 Å². The minimum atomic E-state index is 0.0306. The highest BCUT2D eigenvalue weighted by Gasteiger charge is 2.22. The van der Waals surface area contributed by atoms with Crippen molar-refractivity contribution in [2.24, 2.45) is 0 Å². The number of halogens is 1. The monoisotopic (exact) mass is 530 g/mol. The normalized spacial score (nSPS) is 15.0. The standard InChI is InChI=1S/C28H27BrN4O2/c29-21-6-7-24-26(14-21)33-18-20(13-19-5-4-8-30-17-19)28(34)23-15-22(16-25(31-24)27(23)33)35-12-11-32-9-2-1-3-10-32/h4-8,14-18,31H,1-3,9-13H2. The predicted molar refractivity (Wildman–Crippen MR) is 143 cm³/mol. The zero-order chi connectivity index (χ0) is 23.8. The highest BCUT2D eigenvalue weighted by atomic mass is 79.9. The predicted octanol–water partition coefficient (Wildman–Crippen LogP) is 5.66. The second kappa shape index (κ2) is 9.47. The molecule has 2 aliphatic heterocycles. The summed E-state index contributed by atoms with van der Waals surface area (Å²) in [6.45, 7) is 3.80. The molecular weight excluding hydrogens is 504 g/mol. The molecule has 2 aromatic heterocycles. The van der Waals surface area contributed by atoms with Crippen molar-refractivity contribution in [1.82, 2.24) is 14.5 Å². The fourth-order valence-electron chi connectivity index (χ4n) is 5.14. The molecule has 0 aliphatic carbocycles. The number of nitrogens with zero attached hydrogens (tertiary/aromatic N) is 3. The lowest BCUT2D eigenvalue weighted by Crippen LogP contribution is -2.33. The fourth-order valence-corrected chi connectivity index (χ4v) is 5.49. The highest BCUT2D eigenvalue weighted by Crippen LogP contribution is 2.39. The Hall–Kier alpha value is -3.16. The van der Waals surface area contributed by atoms with E-state index < -0.39 is 0 Å². The van der Waals surface area contributed by atoms with Crippen LogP contribution < -0.4 is 15.5 Å². The van der Waals surface area contributed by atoms with E-state index in [2.05, 4.69) is 47.8 Å². The van der Waals surface area contributed by atoms with Crippen LogP contribution in [0.2, 0.25) is 0 Å². The summed E-state index contributed by atoms with van der Waals surface area (Å²) in [5.41, 5.74) is 5.52. The Morgan fingerprint density at radius 1 is 1.06 bits per heavy atom. The molecule has 2 aromatic carbocycles. The molecule has 1 saturated heterocycles. The molecule has 35 heavy (non-hydrogen) atoms. The lowest BCUT2D eigenvalue weighted by atomic mass is 10.0. The maximum absolute atomic E-state index is 13.7. The van der Waals surface area contributed by atoms with Crippen LogP contribution in [0.15, 0.2) is 70.3 Å². The summed E-state index contributed by atoms with van der Waals surface area (Å²) in [4.78, 5) is 20.4. The Labute approximate surface area is 212 Å². The number of likely N-dealkylation sites (tertiary alicyclic amines) is 1. The second-order valence-corrected chi connectivity index (χ2v) is 10.2. The van der Waals surface area contributed by atoms with Gasteiger partial charge in [-0.15, -0.1) is 0 Å². The summed E-state index contributed by atoms with van der Waals surface area (Å²) >= 11 is 3.60. The first kappa shape index (κ1) is 22.3. The number of aromatic nitrogens is 2. The van der Waals surface area contributed by atoms with Crippen LogP contribution in [-0.4, -0.2) is 40.7 Å². The van der Waals surface area contributed by atoms with E-state index in [1.807, 2.05) is 42.7 Å². The maximum atomic E-state index is 13.7. The van der Waals surface area contributed by atoms with Gasteiger partial charge in [-0.25, -0.2) is 0 Å². The van der Waals surface area contributed by atoms with Gasteiger partial charge in [0.1, 0.15) is 12.4 Å². The van der Waals surface area contributed by atoms with E-state index in [1.54, 1.807) is 6.20 Å². The second-order valence-electron chi connectivity index (χ2n) is 9.30. The van der Waals surface area contributed by atoms with Crippen molar-refractivity contribution in [2.75, 3.05) is 31.6 Å². The summed E-state index contributed by atoms with van der Waals surface area (Å²) in [5.74, 6) is 0.722. The average molecular weight is 531 g/mol. The summed E-state index contributed by atoms with van der Waals surface area (Å²) in [5, 5.41) is 4.19. The van der Waals surface area contributed by atoms with Gasteiger partial charge in [0, 0.05) is 47.7 Å². The number of ether oxygens (including phenoxy) is 1. The SMILES string of the molecule is O=c1c(Cc2cccnc2)cn2c3c(cc(OCCN4CCCCC4)cc13)Nc1ccc(Br)cc1-2. The van der Waals surface area contributed by atoms with Crippen molar-refractivity contribution >= 4 is 38.2 Å². The molecular formula is C28H27BrN4O2. The lowest BCUT2D eigenvalue weighted by molar-refractivity contribution is 0.183. The van der Waals surface area contributed by atoms with Gasteiger partial charge < -0.3 is 14.6 Å². The first-order chi connectivity index (χ1) is 17.2. The molecule has 6 nitrogen and oxygen atoms in total. The average Bonchev–Trinajstić information content (AvgIpc) is 2.88. The van der Waals surface area contributed by atoms with Crippen molar-refractivity contribution in [1.29, 1.82) is 0 Å². The number of hydrogen-bond donors (Lipinski definition) is 1. The third kappa shape index (κ3) is 4.46. The summed E-state index contributed by atoms with van der Waals surface area (Å²) in [6.07, 6.45) is 9.91. The van der Waals surface area contributed by atoms with E-state index in [4.69, 9.17) is 4.74 Å². The molecule has 0 unspecified atom stereocenters. The molecule has 7 heteroatoms. The van der Waals surface area contributed by atoms with E-state index in [9.17, 15) is 4.79 Å². The minimum absolute atomic E-state index is 0.0306. The van der Waals surface area contributed by atoms with E-state index in [0.29, 0.717) is 18.4 Å². The van der Waals surface area contributed by atoms with Gasteiger partial charge in [-0.1, -0.05) is 28.4 Å². The number of anilines is 2. The van der Waals surface area contributed by atoms with Crippen LogP contribution in [0.4, 0.5) is 11.4 Å². The van der Waals surface area contributed by atoms with Crippen LogP contribution in [0.5, 0.6) is 5.75 Å². The molecule has 178 valence electrons. The molecule has 6 rings (SSSR count). The van der Waals surface area contributed by atoms with Crippen LogP contribution in [-0.2, 0) is 6.42 Å². The third-order valence-corrected chi connectivity index (χ3v) is 7.37. The van der Waals surface area contributed by atoms with Crippen molar-refractivity contribution < 1.29 is 4.74 Å². The number of piperidine rings is 1.